The van der Waals surface area contributed by atoms with Gasteiger partial charge in [-0.1, -0.05) is 0 Å². The van der Waals surface area contributed by atoms with Gasteiger partial charge in [-0.15, -0.1) is 0 Å². The number of anilines is 1. The number of rotatable bonds is 4. The number of nitrogens with zero attached hydrogens (tertiary/aromatic N) is 2. The van der Waals surface area contributed by atoms with Gasteiger partial charge in [0, 0.05) is 0 Å². The minimum absolute atomic E-state index is 0.382. The Morgan fingerprint density at radius 1 is 1.54 bits per heavy atom. The maximum absolute atomic E-state index is 5.22. The average Bonchev–Trinajstić information content (AvgIpc) is 2.18. The van der Waals surface area contributed by atoms with Crippen LogP contribution in [0.3, 0.4) is 0 Å². The zero-order valence-electron chi connectivity index (χ0n) is 7.57. The molecule has 72 valence electrons. The second-order valence-electron chi connectivity index (χ2n) is 2.14. The van der Waals surface area contributed by atoms with E-state index in [2.05, 4.69) is 15.4 Å². The highest BCUT2D eigenvalue weighted by molar-refractivity contribution is 5.54. The fraction of sp³-hybridized carbons (Fsp3) is 0.429. The van der Waals surface area contributed by atoms with Crippen LogP contribution in [0.5, 0.6) is 11.6 Å². The minimum atomic E-state index is 0.382. The van der Waals surface area contributed by atoms with Crippen molar-refractivity contribution in [1.82, 2.24) is 9.97 Å². The summed E-state index contributed by atoms with van der Waals surface area (Å²) >= 11 is 0. The number of nitrogens with two attached hydrogens (primary N) is 1. The Kier molecular flexibility index (Phi) is 3.27. The molecule has 13 heavy (non-hydrogen) atoms. The first kappa shape index (κ1) is 9.53. The summed E-state index contributed by atoms with van der Waals surface area (Å²) < 4.78 is 10.2. The van der Waals surface area contributed by atoms with Crippen LogP contribution < -0.4 is 20.7 Å². The molecule has 3 N–H and O–H groups in total. The molecular weight excluding hydrogens is 172 g/mol. The number of nitrogens with one attached hydrogen (secondary N) is 1. The van der Waals surface area contributed by atoms with Gasteiger partial charge >= 0.3 is 0 Å². The van der Waals surface area contributed by atoms with Crippen molar-refractivity contribution in [1.29, 1.82) is 0 Å². The van der Waals surface area contributed by atoms with Crippen molar-refractivity contribution in [3.05, 3.63) is 6.33 Å². The smallest absolute Gasteiger partial charge is 0.262 e. The van der Waals surface area contributed by atoms with Gasteiger partial charge in [0.15, 0.2) is 5.82 Å². The zero-order valence-corrected chi connectivity index (χ0v) is 7.57. The summed E-state index contributed by atoms with van der Waals surface area (Å²) in [7, 11) is 1.50. The average molecular weight is 184 g/mol. The molecule has 1 aromatic rings. The first-order chi connectivity index (χ1) is 6.33. The van der Waals surface area contributed by atoms with E-state index in [1.807, 2.05) is 6.92 Å². The summed E-state index contributed by atoms with van der Waals surface area (Å²) in [6.07, 6.45) is 1.35. The van der Waals surface area contributed by atoms with Gasteiger partial charge in [-0.2, -0.15) is 4.98 Å². The van der Waals surface area contributed by atoms with Gasteiger partial charge in [0.1, 0.15) is 6.33 Å². The summed E-state index contributed by atoms with van der Waals surface area (Å²) in [6.45, 7) is 2.37. The van der Waals surface area contributed by atoms with E-state index in [1.54, 1.807) is 0 Å². The van der Waals surface area contributed by atoms with Crippen LogP contribution in [0.1, 0.15) is 6.92 Å². The molecule has 1 rings (SSSR count). The van der Waals surface area contributed by atoms with E-state index < -0.39 is 0 Å². The number of nitrogen functional groups attached to an aromatic ring is 1. The second-order valence-corrected chi connectivity index (χ2v) is 2.14. The molecule has 0 atom stereocenters. The van der Waals surface area contributed by atoms with Gasteiger partial charge in [0.25, 0.3) is 5.88 Å². The largest absolute Gasteiger partial charge is 0.489 e. The zero-order chi connectivity index (χ0) is 9.68. The topological polar surface area (TPSA) is 82.3 Å². The van der Waals surface area contributed by atoms with Crippen LogP contribution in [0.2, 0.25) is 0 Å². The SMILES string of the molecule is CCOc1ncnc(NN)c1OC. The number of hydrogen-bond acceptors (Lipinski definition) is 6. The van der Waals surface area contributed by atoms with Crippen LogP contribution in [0.4, 0.5) is 5.82 Å². The maximum atomic E-state index is 5.22. The lowest BCUT2D eigenvalue weighted by atomic mass is 10.5. The molecule has 0 unspecified atom stereocenters. The van der Waals surface area contributed by atoms with Gasteiger partial charge in [0.05, 0.1) is 13.7 Å². The monoisotopic (exact) mass is 184 g/mol. The van der Waals surface area contributed by atoms with Gasteiger partial charge in [-0.25, -0.2) is 10.8 Å². The molecule has 0 radical (unpaired) electrons. The first-order valence-corrected chi connectivity index (χ1v) is 3.81. The molecule has 0 fully saturated rings. The lowest BCUT2D eigenvalue weighted by Gasteiger charge is -2.10. The quantitative estimate of drug-likeness (QED) is 0.512. The predicted octanol–water partition coefficient (Wildman–Crippen LogP) is 0.170. The van der Waals surface area contributed by atoms with E-state index in [-0.39, 0.29) is 0 Å². The van der Waals surface area contributed by atoms with Crippen LogP contribution in [0.25, 0.3) is 0 Å². The molecule has 0 aliphatic heterocycles. The molecule has 0 aromatic carbocycles. The summed E-state index contributed by atoms with van der Waals surface area (Å²) in [5.41, 5.74) is 2.39. The molecule has 0 spiro atoms. The minimum Gasteiger partial charge on any atom is -0.489 e. The third-order valence-corrected chi connectivity index (χ3v) is 1.39. The Morgan fingerprint density at radius 3 is 2.85 bits per heavy atom. The van der Waals surface area contributed by atoms with Crippen LogP contribution in [0.15, 0.2) is 6.33 Å². The Hall–Kier alpha value is -1.56. The molecule has 1 heterocycles. The Labute approximate surface area is 76.1 Å². The Balaban J connectivity index is 3.03. The number of ether oxygens (including phenoxy) is 2. The predicted molar refractivity (Wildman–Crippen MR) is 47.6 cm³/mol. The van der Waals surface area contributed by atoms with Crippen molar-refractivity contribution >= 4 is 5.82 Å². The van der Waals surface area contributed by atoms with Gasteiger partial charge in [0.2, 0.25) is 5.75 Å². The third-order valence-electron chi connectivity index (χ3n) is 1.39. The van der Waals surface area contributed by atoms with E-state index in [9.17, 15) is 0 Å². The van der Waals surface area contributed by atoms with Crippen molar-refractivity contribution in [3.63, 3.8) is 0 Å². The van der Waals surface area contributed by atoms with E-state index in [4.69, 9.17) is 15.3 Å². The third kappa shape index (κ3) is 1.97. The number of hydrazine groups is 1. The Morgan fingerprint density at radius 2 is 2.31 bits per heavy atom. The highest BCUT2D eigenvalue weighted by Crippen LogP contribution is 2.29. The normalized spacial score (nSPS) is 9.46. The van der Waals surface area contributed by atoms with E-state index in [1.165, 1.54) is 13.4 Å². The molecular formula is C7H12N4O2. The van der Waals surface area contributed by atoms with Crippen molar-refractivity contribution < 1.29 is 9.47 Å². The molecule has 0 aliphatic carbocycles. The highest BCUT2D eigenvalue weighted by atomic mass is 16.5. The van der Waals surface area contributed by atoms with E-state index in [0.29, 0.717) is 24.1 Å². The number of methoxy groups -OCH3 is 1. The molecule has 0 saturated carbocycles. The number of aromatic nitrogens is 2. The molecule has 0 aliphatic rings. The summed E-state index contributed by atoms with van der Waals surface area (Å²) in [5.74, 6) is 6.41. The van der Waals surface area contributed by atoms with Gasteiger partial charge < -0.3 is 14.9 Å². The summed E-state index contributed by atoms with van der Waals surface area (Å²) in [6, 6.07) is 0. The molecule has 6 nitrogen and oxygen atoms in total. The Bertz CT molecular complexity index is 279. The van der Waals surface area contributed by atoms with Crippen molar-refractivity contribution in [2.24, 2.45) is 5.84 Å². The fourth-order valence-corrected chi connectivity index (χ4v) is 0.884. The van der Waals surface area contributed by atoms with Crippen LogP contribution in [-0.2, 0) is 0 Å². The van der Waals surface area contributed by atoms with Crippen LogP contribution in [-0.4, -0.2) is 23.7 Å². The maximum Gasteiger partial charge on any atom is 0.262 e. The van der Waals surface area contributed by atoms with Gasteiger partial charge in [-0.3, -0.25) is 0 Å². The van der Waals surface area contributed by atoms with Crippen LogP contribution in [0, 0.1) is 0 Å². The number of hydrogen-bond donors (Lipinski definition) is 2. The molecule has 0 saturated heterocycles. The lowest BCUT2D eigenvalue weighted by Crippen LogP contribution is -2.11. The van der Waals surface area contributed by atoms with E-state index >= 15 is 0 Å². The molecule has 1 aromatic heterocycles. The molecule has 6 heteroatoms. The molecule has 0 bridgehead atoms. The fourth-order valence-electron chi connectivity index (χ4n) is 0.884. The second kappa shape index (κ2) is 4.46. The van der Waals surface area contributed by atoms with Crippen molar-refractivity contribution in [3.8, 4) is 11.6 Å². The van der Waals surface area contributed by atoms with Crippen LogP contribution >= 0.6 is 0 Å². The lowest BCUT2D eigenvalue weighted by molar-refractivity contribution is 0.298. The highest BCUT2D eigenvalue weighted by Gasteiger charge is 2.11. The van der Waals surface area contributed by atoms with Crippen molar-refractivity contribution in [2.75, 3.05) is 19.1 Å². The standard InChI is InChI=1S/C7H12N4O2/c1-3-13-7-5(12-2)6(11-8)9-4-10-7/h4H,3,8H2,1-2H3,(H,9,10,11). The first-order valence-electron chi connectivity index (χ1n) is 3.81. The van der Waals surface area contributed by atoms with E-state index in [0.717, 1.165) is 0 Å². The molecule has 0 amide bonds. The summed E-state index contributed by atoms with van der Waals surface area (Å²) in [4.78, 5) is 7.75. The van der Waals surface area contributed by atoms with Crippen molar-refractivity contribution in [2.45, 2.75) is 6.92 Å². The van der Waals surface area contributed by atoms with Gasteiger partial charge in [-0.05, 0) is 6.92 Å². The summed E-state index contributed by atoms with van der Waals surface area (Å²) in [5, 5.41) is 0.